The van der Waals surface area contributed by atoms with Gasteiger partial charge in [0.1, 0.15) is 0 Å². The first-order valence-electron chi connectivity index (χ1n) is 4.93. The summed E-state index contributed by atoms with van der Waals surface area (Å²) in [5.41, 5.74) is 2.41. The van der Waals surface area contributed by atoms with E-state index in [1.165, 1.54) is 5.56 Å². The molecule has 0 N–H and O–H groups in total. The summed E-state index contributed by atoms with van der Waals surface area (Å²) in [6.45, 7) is 2.93. The van der Waals surface area contributed by atoms with Crippen molar-refractivity contribution in [1.29, 1.82) is 0 Å². The predicted octanol–water partition coefficient (Wildman–Crippen LogP) is 3.09. The van der Waals surface area contributed by atoms with E-state index in [4.69, 9.17) is 0 Å². The highest BCUT2D eigenvalue weighted by Gasteiger charge is 2.05. The standard InChI is InChI=1S/C12H14N2S/c1-10-9-15-12(13-10)14(2)8-11-6-4-3-5-7-11/h3-7,9H,8H2,1-2H3. The van der Waals surface area contributed by atoms with E-state index in [2.05, 4.69) is 46.6 Å². The molecule has 0 unspecified atom stereocenters. The van der Waals surface area contributed by atoms with Gasteiger partial charge in [-0.1, -0.05) is 30.3 Å². The molecule has 1 heterocycles. The highest BCUT2D eigenvalue weighted by molar-refractivity contribution is 7.13. The molecule has 78 valence electrons. The summed E-state index contributed by atoms with van der Waals surface area (Å²) < 4.78 is 0. The van der Waals surface area contributed by atoms with Crippen molar-refractivity contribution in [1.82, 2.24) is 4.98 Å². The first kappa shape index (κ1) is 10.2. The Kier molecular flexibility index (Phi) is 3.02. The van der Waals surface area contributed by atoms with Crippen LogP contribution in [0.5, 0.6) is 0 Å². The van der Waals surface area contributed by atoms with Crippen LogP contribution in [0.1, 0.15) is 11.3 Å². The van der Waals surface area contributed by atoms with Gasteiger partial charge in [-0.3, -0.25) is 0 Å². The van der Waals surface area contributed by atoms with Crippen LogP contribution in [0.3, 0.4) is 0 Å². The molecule has 0 spiro atoms. The third kappa shape index (κ3) is 2.57. The van der Waals surface area contributed by atoms with Crippen LogP contribution in [0.15, 0.2) is 35.7 Å². The minimum Gasteiger partial charge on any atom is -0.347 e. The van der Waals surface area contributed by atoms with Crippen molar-refractivity contribution >= 4 is 16.5 Å². The number of nitrogens with zero attached hydrogens (tertiary/aromatic N) is 2. The number of anilines is 1. The second kappa shape index (κ2) is 4.45. The lowest BCUT2D eigenvalue weighted by molar-refractivity contribution is 0.911. The molecule has 1 aromatic heterocycles. The van der Waals surface area contributed by atoms with E-state index in [1.54, 1.807) is 11.3 Å². The van der Waals surface area contributed by atoms with Gasteiger partial charge in [0.05, 0.1) is 5.69 Å². The lowest BCUT2D eigenvalue weighted by Gasteiger charge is -2.15. The SMILES string of the molecule is Cc1csc(N(C)Cc2ccccc2)n1. The Balaban J connectivity index is 2.07. The highest BCUT2D eigenvalue weighted by atomic mass is 32.1. The summed E-state index contributed by atoms with van der Waals surface area (Å²) in [5, 5.41) is 3.16. The maximum atomic E-state index is 4.45. The topological polar surface area (TPSA) is 16.1 Å². The van der Waals surface area contributed by atoms with Crippen LogP contribution < -0.4 is 4.90 Å². The number of hydrogen-bond donors (Lipinski definition) is 0. The van der Waals surface area contributed by atoms with Crippen molar-refractivity contribution in [2.75, 3.05) is 11.9 Å². The first-order chi connectivity index (χ1) is 7.25. The molecule has 2 aromatic rings. The van der Waals surface area contributed by atoms with E-state index in [0.717, 1.165) is 17.4 Å². The Hall–Kier alpha value is -1.35. The van der Waals surface area contributed by atoms with Gasteiger partial charge >= 0.3 is 0 Å². The van der Waals surface area contributed by atoms with Gasteiger partial charge in [-0.15, -0.1) is 11.3 Å². The van der Waals surface area contributed by atoms with Crippen LogP contribution in [0.25, 0.3) is 0 Å². The van der Waals surface area contributed by atoms with Gasteiger partial charge in [0.2, 0.25) is 0 Å². The average Bonchev–Trinajstić information content (AvgIpc) is 2.66. The fourth-order valence-electron chi connectivity index (χ4n) is 1.44. The van der Waals surface area contributed by atoms with E-state index in [9.17, 15) is 0 Å². The summed E-state index contributed by atoms with van der Waals surface area (Å²) in [5.74, 6) is 0. The van der Waals surface area contributed by atoms with Gasteiger partial charge in [-0.05, 0) is 12.5 Å². The van der Waals surface area contributed by atoms with E-state index in [0.29, 0.717) is 0 Å². The summed E-state index contributed by atoms with van der Waals surface area (Å²) in [6, 6.07) is 10.4. The molecule has 0 radical (unpaired) electrons. The summed E-state index contributed by atoms with van der Waals surface area (Å²) in [7, 11) is 2.07. The van der Waals surface area contributed by atoms with E-state index >= 15 is 0 Å². The van der Waals surface area contributed by atoms with Crippen molar-refractivity contribution in [2.45, 2.75) is 13.5 Å². The normalized spacial score (nSPS) is 10.3. The van der Waals surface area contributed by atoms with E-state index in [1.807, 2.05) is 13.0 Å². The summed E-state index contributed by atoms with van der Waals surface area (Å²) >= 11 is 1.69. The molecule has 0 aliphatic rings. The summed E-state index contributed by atoms with van der Waals surface area (Å²) in [4.78, 5) is 6.62. The van der Waals surface area contributed by atoms with Crippen molar-refractivity contribution in [3.8, 4) is 0 Å². The molecule has 0 aliphatic heterocycles. The quantitative estimate of drug-likeness (QED) is 0.787. The lowest BCUT2D eigenvalue weighted by atomic mass is 10.2. The number of hydrogen-bond acceptors (Lipinski definition) is 3. The van der Waals surface area contributed by atoms with Gasteiger partial charge in [-0.2, -0.15) is 0 Å². The number of benzene rings is 1. The molecule has 3 heteroatoms. The second-order valence-corrected chi connectivity index (χ2v) is 4.45. The third-order valence-corrected chi connectivity index (χ3v) is 3.27. The monoisotopic (exact) mass is 218 g/mol. The van der Waals surface area contributed by atoms with Crippen molar-refractivity contribution < 1.29 is 0 Å². The van der Waals surface area contributed by atoms with E-state index < -0.39 is 0 Å². The van der Waals surface area contributed by atoms with Gasteiger partial charge in [-0.25, -0.2) is 4.98 Å². The molecule has 0 aliphatic carbocycles. The second-order valence-electron chi connectivity index (χ2n) is 3.61. The number of rotatable bonds is 3. The smallest absolute Gasteiger partial charge is 0.185 e. The Morgan fingerprint density at radius 3 is 2.60 bits per heavy atom. The van der Waals surface area contributed by atoms with Crippen molar-refractivity contribution in [3.05, 3.63) is 47.0 Å². The van der Waals surface area contributed by atoms with Crippen LogP contribution in [0, 0.1) is 6.92 Å². The Bertz CT molecular complexity index is 422. The fourth-order valence-corrected chi connectivity index (χ4v) is 2.21. The minimum atomic E-state index is 0.911. The van der Waals surface area contributed by atoms with Gasteiger partial charge < -0.3 is 4.90 Å². The van der Waals surface area contributed by atoms with Crippen LogP contribution in [-0.4, -0.2) is 12.0 Å². The maximum absolute atomic E-state index is 4.45. The molecule has 0 amide bonds. The number of aryl methyl sites for hydroxylation is 1. The first-order valence-corrected chi connectivity index (χ1v) is 5.81. The Morgan fingerprint density at radius 2 is 2.00 bits per heavy atom. The Morgan fingerprint density at radius 1 is 1.27 bits per heavy atom. The zero-order valence-electron chi connectivity index (χ0n) is 8.97. The van der Waals surface area contributed by atoms with Gasteiger partial charge in [0.15, 0.2) is 5.13 Å². The predicted molar refractivity (Wildman–Crippen MR) is 65.4 cm³/mol. The molecular weight excluding hydrogens is 204 g/mol. The van der Waals surface area contributed by atoms with Gasteiger partial charge in [0, 0.05) is 19.0 Å². The zero-order valence-corrected chi connectivity index (χ0v) is 9.79. The van der Waals surface area contributed by atoms with Crippen molar-refractivity contribution in [3.63, 3.8) is 0 Å². The highest BCUT2D eigenvalue weighted by Crippen LogP contribution is 2.20. The van der Waals surface area contributed by atoms with Gasteiger partial charge in [0.25, 0.3) is 0 Å². The molecule has 0 fully saturated rings. The fraction of sp³-hybridized carbons (Fsp3) is 0.250. The molecular formula is C12H14N2S. The number of thiazole rings is 1. The minimum absolute atomic E-state index is 0.911. The molecule has 0 atom stereocenters. The maximum Gasteiger partial charge on any atom is 0.185 e. The Labute approximate surface area is 94.2 Å². The largest absolute Gasteiger partial charge is 0.347 e. The van der Waals surface area contributed by atoms with Crippen LogP contribution in [-0.2, 0) is 6.54 Å². The van der Waals surface area contributed by atoms with Crippen LogP contribution in [0.4, 0.5) is 5.13 Å². The summed E-state index contributed by atoms with van der Waals surface area (Å²) in [6.07, 6.45) is 0. The molecule has 2 rings (SSSR count). The molecule has 1 aromatic carbocycles. The third-order valence-electron chi connectivity index (χ3n) is 2.20. The number of aromatic nitrogens is 1. The molecule has 15 heavy (non-hydrogen) atoms. The van der Waals surface area contributed by atoms with Crippen LogP contribution >= 0.6 is 11.3 Å². The average molecular weight is 218 g/mol. The van der Waals surface area contributed by atoms with E-state index in [-0.39, 0.29) is 0 Å². The molecule has 0 saturated heterocycles. The molecule has 2 nitrogen and oxygen atoms in total. The molecule has 0 saturated carbocycles. The lowest BCUT2D eigenvalue weighted by Crippen LogP contribution is -2.15. The molecule has 0 bridgehead atoms. The zero-order chi connectivity index (χ0) is 10.7. The van der Waals surface area contributed by atoms with Crippen molar-refractivity contribution in [2.24, 2.45) is 0 Å². The van der Waals surface area contributed by atoms with Crippen LogP contribution in [0.2, 0.25) is 0 Å².